The van der Waals surface area contributed by atoms with E-state index in [1.165, 1.54) is 35.7 Å². The van der Waals surface area contributed by atoms with Crippen LogP contribution in [-0.4, -0.2) is 23.5 Å². The quantitative estimate of drug-likeness (QED) is 0.420. The molecule has 5 nitrogen and oxygen atoms in total. The average molecular weight is 467 g/mol. The number of nitrogens with zero attached hydrogens (tertiary/aromatic N) is 1. The number of aromatic nitrogens is 1. The number of nitrogens with one attached hydrogen (secondary N) is 1. The van der Waals surface area contributed by atoms with Crippen molar-refractivity contribution >= 4 is 22.6 Å². The normalized spacial score (nSPS) is 10.2. The van der Waals surface area contributed by atoms with E-state index in [0.717, 1.165) is 12.1 Å². The number of carbonyl (C=O) groups is 2. The fraction of sp³-hybridized carbons (Fsp3) is 0.414. The van der Waals surface area contributed by atoms with Crippen LogP contribution >= 0.6 is 0 Å². The molecule has 3 aromatic rings. The number of amides is 1. The first-order valence-electron chi connectivity index (χ1n) is 12.0. The van der Waals surface area contributed by atoms with Crippen LogP contribution in [0.5, 0.6) is 0 Å². The average Bonchev–Trinajstić information content (AvgIpc) is 2.84. The number of hydrogen-bond acceptors (Lipinski definition) is 4. The minimum Gasteiger partial charge on any atom is -0.466 e. The first-order chi connectivity index (χ1) is 16.2. The molecule has 1 atom stereocenters. The number of esters is 1. The molecule has 0 spiro atoms. The smallest absolute Gasteiger partial charge is 0.302 e. The van der Waals surface area contributed by atoms with Crippen LogP contribution < -0.4 is 5.32 Å². The highest BCUT2D eigenvalue weighted by Crippen LogP contribution is 2.12. The number of hydrogen-bond donors (Lipinski definition) is 1. The van der Waals surface area contributed by atoms with Gasteiger partial charge in [0.05, 0.1) is 6.61 Å². The van der Waals surface area contributed by atoms with E-state index >= 15 is 0 Å². The Kier molecular flexibility index (Phi) is 16.5. The fourth-order valence-corrected chi connectivity index (χ4v) is 2.60. The Morgan fingerprint density at radius 2 is 1.56 bits per heavy atom. The molecule has 0 unspecified atom stereocenters. The fourth-order valence-electron chi connectivity index (χ4n) is 2.60. The largest absolute Gasteiger partial charge is 0.466 e. The van der Waals surface area contributed by atoms with Crippen molar-refractivity contribution in [1.29, 1.82) is 0 Å². The minimum absolute atomic E-state index is 0.0123. The van der Waals surface area contributed by atoms with E-state index in [1.54, 1.807) is 0 Å². The van der Waals surface area contributed by atoms with Gasteiger partial charge in [0.1, 0.15) is 0 Å². The van der Waals surface area contributed by atoms with Crippen molar-refractivity contribution in [2.45, 2.75) is 68.4 Å². The first-order valence-corrected chi connectivity index (χ1v) is 12.0. The number of rotatable bonds is 5. The summed E-state index contributed by atoms with van der Waals surface area (Å²) in [4.78, 5) is 25.1. The predicted molar refractivity (Wildman–Crippen MR) is 143 cm³/mol. The van der Waals surface area contributed by atoms with Gasteiger partial charge in [-0.05, 0) is 42.3 Å². The van der Waals surface area contributed by atoms with Crippen LogP contribution in [0, 0.1) is 19.8 Å². The second kappa shape index (κ2) is 18.2. The molecule has 0 aliphatic carbocycles. The van der Waals surface area contributed by atoms with E-state index in [4.69, 9.17) is 4.74 Å². The lowest BCUT2D eigenvalue weighted by Crippen LogP contribution is -2.19. The lowest BCUT2D eigenvalue weighted by molar-refractivity contribution is -0.142. The summed E-state index contributed by atoms with van der Waals surface area (Å²) in [5.41, 5.74) is 3.46. The molecule has 3 rings (SSSR count). The Morgan fingerprint density at radius 1 is 0.971 bits per heavy atom. The number of fused-ring (bicyclic) bond motifs is 1. The van der Waals surface area contributed by atoms with Crippen LogP contribution in [-0.2, 0) is 20.9 Å². The molecule has 0 bridgehead atoms. The van der Waals surface area contributed by atoms with Gasteiger partial charge in [-0.3, -0.25) is 14.6 Å². The molecule has 34 heavy (non-hydrogen) atoms. The summed E-state index contributed by atoms with van der Waals surface area (Å²) in [6, 6.07) is 18.4. The van der Waals surface area contributed by atoms with Crippen molar-refractivity contribution in [1.82, 2.24) is 10.3 Å². The molecule has 0 saturated carbocycles. The molecule has 1 heterocycles. The number of aryl methyl sites for hydroxylation is 2. The molecule has 0 fully saturated rings. The van der Waals surface area contributed by atoms with Gasteiger partial charge in [0.2, 0.25) is 5.91 Å². The molecular formula is C29H42N2O3. The molecule has 1 amide bonds. The molecule has 1 aromatic heterocycles. The Morgan fingerprint density at radius 3 is 2.12 bits per heavy atom. The lowest BCUT2D eigenvalue weighted by atomic mass is 10.1. The van der Waals surface area contributed by atoms with Crippen molar-refractivity contribution in [2.24, 2.45) is 5.92 Å². The van der Waals surface area contributed by atoms with Crippen LogP contribution in [0.3, 0.4) is 0 Å². The van der Waals surface area contributed by atoms with Gasteiger partial charge in [-0.2, -0.15) is 0 Å². The molecule has 0 radical (unpaired) electrons. The molecular weight excluding hydrogens is 424 g/mol. The second-order valence-electron chi connectivity index (χ2n) is 7.83. The molecule has 2 aromatic carbocycles. The number of pyridine rings is 1. The van der Waals surface area contributed by atoms with Crippen molar-refractivity contribution in [3.8, 4) is 0 Å². The van der Waals surface area contributed by atoms with Crippen LogP contribution in [0.1, 0.15) is 64.8 Å². The first kappa shape index (κ1) is 30.8. The monoisotopic (exact) mass is 466 g/mol. The van der Waals surface area contributed by atoms with Crippen molar-refractivity contribution in [3.05, 3.63) is 77.6 Å². The van der Waals surface area contributed by atoms with Gasteiger partial charge >= 0.3 is 5.97 Å². The summed E-state index contributed by atoms with van der Waals surface area (Å²) < 4.78 is 4.76. The zero-order valence-corrected chi connectivity index (χ0v) is 22.1. The third-order valence-electron chi connectivity index (χ3n) is 4.82. The van der Waals surface area contributed by atoms with Crippen LogP contribution in [0.2, 0.25) is 0 Å². The highest BCUT2D eigenvalue weighted by molar-refractivity contribution is 5.81. The molecule has 0 aliphatic rings. The van der Waals surface area contributed by atoms with Gasteiger partial charge < -0.3 is 10.1 Å². The summed E-state index contributed by atoms with van der Waals surface area (Å²) in [5.74, 6) is 0.322. The zero-order chi connectivity index (χ0) is 25.9. The Hall–Kier alpha value is -3.21. The van der Waals surface area contributed by atoms with Gasteiger partial charge in [0.15, 0.2) is 0 Å². The van der Waals surface area contributed by atoms with Crippen LogP contribution in [0.4, 0.5) is 0 Å². The summed E-state index contributed by atoms with van der Waals surface area (Å²) in [6.07, 6.45) is 2.97. The molecule has 0 saturated heterocycles. The Bertz CT molecular complexity index is 986. The maximum absolute atomic E-state index is 10.6. The summed E-state index contributed by atoms with van der Waals surface area (Å²) in [5, 5.41) is 5.23. The maximum Gasteiger partial charge on any atom is 0.302 e. The van der Waals surface area contributed by atoms with Crippen molar-refractivity contribution < 1.29 is 14.3 Å². The van der Waals surface area contributed by atoms with Gasteiger partial charge in [0.25, 0.3) is 0 Å². The standard InChI is InChI=1S/C10H13NO.C10H9N.C7H14O2.C2H6/c1-8-5-3-4-6-10(8)7-11-9(2)12;1-8-6-9-4-2-3-5-10(9)7-11-8;1-4-6(2)5-9-7(3)8;1-2/h3-6H,7H2,1-2H3,(H,11,12);2-7H,1H3;6H,4-5H2,1-3H3;1-2H3/t;;6-;/m..0./s1. The predicted octanol–water partition coefficient (Wildman–Crippen LogP) is 6.80. The van der Waals surface area contributed by atoms with E-state index in [9.17, 15) is 9.59 Å². The van der Waals surface area contributed by atoms with Gasteiger partial charge in [-0.15, -0.1) is 0 Å². The van der Waals surface area contributed by atoms with Gasteiger partial charge in [0, 0.05) is 37.7 Å². The second-order valence-corrected chi connectivity index (χ2v) is 7.83. The number of benzene rings is 2. The molecule has 5 heteroatoms. The number of ether oxygens (including phenoxy) is 1. The van der Waals surface area contributed by atoms with Crippen LogP contribution in [0.25, 0.3) is 10.8 Å². The van der Waals surface area contributed by atoms with E-state index in [1.807, 2.05) is 70.3 Å². The summed E-state index contributed by atoms with van der Waals surface area (Å²) in [6.45, 7) is 16.3. The van der Waals surface area contributed by atoms with Gasteiger partial charge in [-0.1, -0.05) is 82.6 Å². The van der Waals surface area contributed by atoms with E-state index in [0.29, 0.717) is 19.1 Å². The highest BCUT2D eigenvalue weighted by atomic mass is 16.5. The SMILES string of the molecule is CC.CC(=O)NCc1ccccc1C.CC[C@H](C)COC(C)=O.Cc1cc2ccccc2cn1. The molecule has 0 aliphatic heterocycles. The maximum atomic E-state index is 10.6. The van der Waals surface area contributed by atoms with E-state index < -0.39 is 0 Å². The zero-order valence-electron chi connectivity index (χ0n) is 22.1. The topological polar surface area (TPSA) is 68.3 Å². The van der Waals surface area contributed by atoms with Crippen LogP contribution in [0.15, 0.2) is 60.8 Å². The van der Waals surface area contributed by atoms with E-state index in [-0.39, 0.29) is 11.9 Å². The third-order valence-corrected chi connectivity index (χ3v) is 4.82. The van der Waals surface area contributed by atoms with E-state index in [2.05, 4.69) is 42.3 Å². The Labute approximate surface area is 206 Å². The third kappa shape index (κ3) is 14.0. The summed E-state index contributed by atoms with van der Waals surface area (Å²) in [7, 11) is 0. The minimum atomic E-state index is -0.185. The molecule has 186 valence electrons. The van der Waals surface area contributed by atoms with Crippen molar-refractivity contribution in [2.75, 3.05) is 6.61 Å². The highest BCUT2D eigenvalue weighted by Gasteiger charge is 1.99. The number of carbonyl (C=O) groups excluding carboxylic acids is 2. The Balaban J connectivity index is 0.000000468. The lowest BCUT2D eigenvalue weighted by Gasteiger charge is -2.06. The summed E-state index contributed by atoms with van der Waals surface area (Å²) >= 11 is 0. The van der Waals surface area contributed by atoms with Gasteiger partial charge in [-0.25, -0.2) is 0 Å². The molecule has 1 N–H and O–H groups in total. The van der Waals surface area contributed by atoms with Crippen molar-refractivity contribution in [3.63, 3.8) is 0 Å².